The molecular weight excluding hydrogens is 460 g/mol. The number of para-hydroxylation sites is 1. The van der Waals surface area contributed by atoms with Crippen molar-refractivity contribution in [3.8, 4) is 17.2 Å². The summed E-state index contributed by atoms with van der Waals surface area (Å²) >= 11 is 0. The first kappa shape index (κ1) is 27.3. The number of aryl methyl sites for hydroxylation is 2. The van der Waals surface area contributed by atoms with E-state index in [9.17, 15) is 9.59 Å². The molecule has 0 spiro atoms. The van der Waals surface area contributed by atoms with Gasteiger partial charge >= 0.3 is 0 Å². The lowest BCUT2D eigenvalue weighted by molar-refractivity contribution is -0.132. The van der Waals surface area contributed by atoms with Gasteiger partial charge in [-0.15, -0.1) is 0 Å². The minimum atomic E-state index is -0.0134. The van der Waals surface area contributed by atoms with Crippen molar-refractivity contribution in [2.75, 3.05) is 73.0 Å². The van der Waals surface area contributed by atoms with Gasteiger partial charge in [0, 0.05) is 51.0 Å². The van der Waals surface area contributed by atoms with E-state index in [0.29, 0.717) is 36.9 Å². The number of hydrogen-bond donors (Lipinski definition) is 1. The molecule has 196 valence electrons. The molecule has 0 atom stereocenters. The number of nitrogens with zero attached hydrogens (tertiary/aromatic N) is 3. The molecule has 9 heteroatoms. The molecule has 0 saturated carbocycles. The van der Waals surface area contributed by atoms with E-state index >= 15 is 0 Å². The summed E-state index contributed by atoms with van der Waals surface area (Å²) in [6.45, 7) is 7.99. The number of methoxy groups -OCH3 is 3. The summed E-state index contributed by atoms with van der Waals surface area (Å²) in [5.41, 5.74) is 3.84. The van der Waals surface area contributed by atoms with Gasteiger partial charge < -0.3 is 24.4 Å². The van der Waals surface area contributed by atoms with E-state index in [1.54, 1.807) is 33.3 Å². The lowest BCUT2D eigenvalue weighted by Gasteiger charge is -2.34. The Morgan fingerprint density at radius 2 is 1.44 bits per heavy atom. The highest BCUT2D eigenvalue weighted by Crippen LogP contribution is 2.40. The quantitative estimate of drug-likeness (QED) is 0.539. The first-order valence-corrected chi connectivity index (χ1v) is 12.1. The van der Waals surface area contributed by atoms with Gasteiger partial charge in [-0.3, -0.25) is 19.4 Å². The van der Waals surface area contributed by atoms with Crippen LogP contribution in [-0.2, 0) is 16.1 Å². The molecule has 9 nitrogen and oxygen atoms in total. The fourth-order valence-corrected chi connectivity index (χ4v) is 4.44. The molecule has 1 aliphatic rings. The van der Waals surface area contributed by atoms with Crippen LogP contribution in [0.1, 0.15) is 16.7 Å². The molecule has 1 N–H and O–H groups in total. The van der Waals surface area contributed by atoms with E-state index in [1.165, 1.54) is 0 Å². The molecule has 2 amide bonds. The number of rotatable bonds is 10. The van der Waals surface area contributed by atoms with Crippen molar-refractivity contribution in [2.45, 2.75) is 20.4 Å². The van der Waals surface area contributed by atoms with Gasteiger partial charge in [0.25, 0.3) is 0 Å². The molecule has 0 bridgehead atoms. The molecule has 1 saturated heterocycles. The van der Waals surface area contributed by atoms with Crippen LogP contribution in [0.15, 0.2) is 30.3 Å². The normalized spacial score (nSPS) is 14.3. The van der Waals surface area contributed by atoms with Crippen molar-refractivity contribution in [3.05, 3.63) is 47.0 Å². The Hall–Kier alpha value is -3.30. The van der Waals surface area contributed by atoms with Crippen molar-refractivity contribution < 1.29 is 23.8 Å². The van der Waals surface area contributed by atoms with Crippen molar-refractivity contribution >= 4 is 17.5 Å². The van der Waals surface area contributed by atoms with Gasteiger partial charge in [0.1, 0.15) is 0 Å². The zero-order valence-corrected chi connectivity index (χ0v) is 22.2. The first-order chi connectivity index (χ1) is 17.3. The number of carbonyl (C=O) groups is 2. The Kier molecular flexibility index (Phi) is 9.55. The number of likely N-dealkylation sites (N-methyl/N-ethyl adjacent to an activating group) is 1. The van der Waals surface area contributed by atoms with Crippen LogP contribution in [0.3, 0.4) is 0 Å². The number of anilines is 1. The maximum Gasteiger partial charge on any atom is 0.238 e. The van der Waals surface area contributed by atoms with Gasteiger partial charge in [0.2, 0.25) is 17.6 Å². The molecule has 2 aromatic rings. The summed E-state index contributed by atoms with van der Waals surface area (Å²) in [7, 11) is 6.49. The Bertz CT molecular complexity index is 1050. The summed E-state index contributed by atoms with van der Waals surface area (Å²) in [5, 5.41) is 3.05. The van der Waals surface area contributed by atoms with Crippen molar-refractivity contribution in [3.63, 3.8) is 0 Å². The second-order valence-electron chi connectivity index (χ2n) is 9.11. The Labute approximate surface area is 213 Å². The number of amides is 2. The van der Waals surface area contributed by atoms with Crippen LogP contribution in [0.4, 0.5) is 5.69 Å². The van der Waals surface area contributed by atoms with Crippen LogP contribution in [0, 0.1) is 13.8 Å². The molecule has 2 aromatic carbocycles. The van der Waals surface area contributed by atoms with E-state index in [0.717, 1.165) is 48.6 Å². The van der Waals surface area contributed by atoms with Gasteiger partial charge in [-0.25, -0.2) is 0 Å². The first-order valence-electron chi connectivity index (χ1n) is 12.1. The van der Waals surface area contributed by atoms with Crippen LogP contribution in [0.25, 0.3) is 0 Å². The number of nitrogens with one attached hydrogen (secondary N) is 1. The second kappa shape index (κ2) is 12.6. The van der Waals surface area contributed by atoms with E-state index < -0.39 is 0 Å². The Morgan fingerprint density at radius 1 is 0.861 bits per heavy atom. The highest BCUT2D eigenvalue weighted by molar-refractivity contribution is 5.93. The summed E-state index contributed by atoms with van der Waals surface area (Å²) < 4.78 is 16.3. The summed E-state index contributed by atoms with van der Waals surface area (Å²) in [6.07, 6.45) is 0. The molecule has 3 rings (SSSR count). The van der Waals surface area contributed by atoms with E-state index in [2.05, 4.69) is 15.1 Å². The van der Waals surface area contributed by atoms with Crippen LogP contribution in [-0.4, -0.2) is 94.2 Å². The predicted octanol–water partition coefficient (Wildman–Crippen LogP) is 2.54. The van der Waals surface area contributed by atoms with Crippen LogP contribution in [0.2, 0.25) is 0 Å². The fourth-order valence-electron chi connectivity index (χ4n) is 4.44. The number of hydrogen-bond acceptors (Lipinski definition) is 7. The molecule has 0 unspecified atom stereocenters. The fraction of sp³-hybridized carbons (Fsp3) is 0.481. The maximum atomic E-state index is 12.9. The van der Waals surface area contributed by atoms with Crippen molar-refractivity contribution in [1.29, 1.82) is 0 Å². The molecule has 0 aliphatic carbocycles. The smallest absolute Gasteiger partial charge is 0.238 e. The minimum Gasteiger partial charge on any atom is -0.493 e. The Morgan fingerprint density at radius 3 is 2.00 bits per heavy atom. The van der Waals surface area contributed by atoms with E-state index in [1.807, 2.05) is 44.2 Å². The summed E-state index contributed by atoms with van der Waals surface area (Å²) in [6, 6.07) is 9.67. The van der Waals surface area contributed by atoms with Crippen LogP contribution in [0.5, 0.6) is 17.2 Å². The number of carbonyl (C=O) groups excluding carboxylic acids is 2. The minimum absolute atomic E-state index is 0.0134. The molecule has 0 radical (unpaired) electrons. The number of piperazine rings is 1. The zero-order chi connectivity index (χ0) is 26.2. The number of ether oxygens (including phenoxy) is 3. The van der Waals surface area contributed by atoms with Crippen molar-refractivity contribution in [1.82, 2.24) is 14.7 Å². The molecular formula is C27H38N4O5. The molecule has 1 heterocycles. The monoisotopic (exact) mass is 498 g/mol. The van der Waals surface area contributed by atoms with Gasteiger partial charge in [-0.05, 0) is 37.1 Å². The maximum absolute atomic E-state index is 12.9. The summed E-state index contributed by atoms with van der Waals surface area (Å²) in [5.74, 6) is 1.65. The third-order valence-corrected chi connectivity index (χ3v) is 6.56. The Balaban J connectivity index is 1.48. The van der Waals surface area contributed by atoms with Gasteiger partial charge in [0.05, 0.1) is 34.4 Å². The molecule has 0 aromatic heterocycles. The lowest BCUT2D eigenvalue weighted by atomic mass is 10.1. The van der Waals surface area contributed by atoms with Crippen molar-refractivity contribution in [2.24, 2.45) is 0 Å². The predicted molar refractivity (Wildman–Crippen MR) is 140 cm³/mol. The third-order valence-electron chi connectivity index (χ3n) is 6.56. The third kappa shape index (κ3) is 6.67. The zero-order valence-electron chi connectivity index (χ0n) is 22.2. The van der Waals surface area contributed by atoms with Gasteiger partial charge in [0.15, 0.2) is 11.5 Å². The molecule has 1 aliphatic heterocycles. The largest absolute Gasteiger partial charge is 0.493 e. The van der Waals surface area contributed by atoms with Gasteiger partial charge in [-0.1, -0.05) is 18.2 Å². The van der Waals surface area contributed by atoms with E-state index in [4.69, 9.17) is 14.2 Å². The topological polar surface area (TPSA) is 83.6 Å². The van der Waals surface area contributed by atoms with Crippen LogP contribution >= 0.6 is 0 Å². The molecule has 36 heavy (non-hydrogen) atoms. The average Bonchev–Trinajstić information content (AvgIpc) is 2.87. The molecule has 1 fully saturated rings. The average molecular weight is 499 g/mol. The van der Waals surface area contributed by atoms with E-state index in [-0.39, 0.29) is 11.8 Å². The summed E-state index contributed by atoms with van der Waals surface area (Å²) in [4.78, 5) is 31.5. The second-order valence-corrected chi connectivity index (χ2v) is 9.11. The number of benzene rings is 2. The lowest BCUT2D eigenvalue weighted by Crippen LogP contribution is -2.51. The standard InChI is InChI=1S/C27H38N4O5/c1-19-8-7-9-20(2)25(19)28-23(32)17-30-12-14-31(15-13-30)18-24(33)29(3)16-21-10-11-22(34-4)27(36-6)26(21)35-5/h7-11H,12-18H2,1-6H3,(H,28,32). The van der Waals surface area contributed by atoms with Crippen LogP contribution < -0.4 is 19.5 Å². The highest BCUT2D eigenvalue weighted by Gasteiger charge is 2.23. The SMILES string of the molecule is COc1ccc(CN(C)C(=O)CN2CCN(CC(=O)Nc3c(C)cccc3C)CC2)c(OC)c1OC. The highest BCUT2D eigenvalue weighted by atomic mass is 16.5. The van der Waals surface area contributed by atoms with Gasteiger partial charge in [-0.2, -0.15) is 0 Å².